The summed E-state index contributed by atoms with van der Waals surface area (Å²) in [6.07, 6.45) is 4.10. The van der Waals surface area contributed by atoms with Crippen molar-refractivity contribution in [2.24, 2.45) is 0 Å². The first-order valence-corrected chi connectivity index (χ1v) is 3.35. The van der Waals surface area contributed by atoms with Crippen LogP contribution in [0.4, 0.5) is 0 Å². The third-order valence-electron chi connectivity index (χ3n) is 1.55. The molecule has 0 unspecified atom stereocenters. The van der Waals surface area contributed by atoms with Crippen molar-refractivity contribution in [3.63, 3.8) is 0 Å². The predicted octanol–water partition coefficient (Wildman–Crippen LogP) is 0.908. The van der Waals surface area contributed by atoms with Gasteiger partial charge in [-0.25, -0.2) is 0 Å². The number of benzene rings is 1. The van der Waals surface area contributed by atoms with Crippen LogP contribution < -0.4 is 4.74 Å². The van der Waals surface area contributed by atoms with E-state index in [-0.39, 0.29) is 19.8 Å². The van der Waals surface area contributed by atoms with E-state index in [2.05, 4.69) is 6.08 Å². The Morgan fingerprint density at radius 2 is 2.00 bits per heavy atom. The molecule has 0 atom stereocenters. The summed E-state index contributed by atoms with van der Waals surface area (Å²) in [4.78, 5) is 0. The van der Waals surface area contributed by atoms with Crippen LogP contribution in [-0.2, 0) is 0 Å². The van der Waals surface area contributed by atoms with E-state index in [9.17, 15) is 0 Å². The molecular formula is C9H11GaO. The van der Waals surface area contributed by atoms with Gasteiger partial charge >= 0.3 is 19.8 Å². The number of para-hydroxylation sites is 1. The summed E-state index contributed by atoms with van der Waals surface area (Å²) in [6.45, 7) is 0.705. The summed E-state index contributed by atoms with van der Waals surface area (Å²) < 4.78 is 5.34. The van der Waals surface area contributed by atoms with E-state index in [1.165, 1.54) is 5.56 Å². The normalized spacial score (nSPS) is 12.7. The molecule has 0 bridgehead atoms. The summed E-state index contributed by atoms with van der Waals surface area (Å²) in [5.41, 5.74) is 1.17. The fraction of sp³-hybridized carbons (Fsp3) is 0.111. The monoisotopic (exact) mass is 204 g/mol. The van der Waals surface area contributed by atoms with E-state index in [0.717, 1.165) is 5.75 Å². The van der Waals surface area contributed by atoms with Crippen LogP contribution in [0.15, 0.2) is 30.3 Å². The second-order valence-corrected chi connectivity index (χ2v) is 2.25. The Morgan fingerprint density at radius 3 is 2.82 bits per heavy atom. The Hall–Kier alpha value is -0.604. The van der Waals surface area contributed by atoms with E-state index >= 15 is 0 Å². The van der Waals surface area contributed by atoms with Gasteiger partial charge in [-0.15, -0.1) is 0 Å². The molecule has 1 aromatic rings. The summed E-state index contributed by atoms with van der Waals surface area (Å²) in [6, 6.07) is 8.03. The average Bonchev–Trinajstić information content (AvgIpc) is 2.05. The Bertz CT molecular complexity index is 268. The fourth-order valence-corrected chi connectivity index (χ4v) is 1.06. The summed E-state index contributed by atoms with van der Waals surface area (Å²) >= 11 is 0. The Balaban J connectivity index is 0.000000605. The Labute approximate surface area is 79.1 Å². The van der Waals surface area contributed by atoms with Gasteiger partial charge in [0, 0.05) is 5.56 Å². The van der Waals surface area contributed by atoms with Crippen LogP contribution in [-0.4, -0.2) is 26.4 Å². The molecule has 0 fully saturated rings. The van der Waals surface area contributed by atoms with Gasteiger partial charge < -0.3 is 4.74 Å². The van der Waals surface area contributed by atoms with Crippen molar-refractivity contribution in [1.82, 2.24) is 0 Å². The van der Waals surface area contributed by atoms with Gasteiger partial charge in [-0.3, -0.25) is 0 Å². The molecule has 2 heteroatoms. The molecule has 0 radical (unpaired) electrons. The molecule has 0 spiro atoms. The predicted molar refractivity (Wildman–Crippen MR) is 50.9 cm³/mol. The topological polar surface area (TPSA) is 9.23 Å². The first-order chi connectivity index (χ1) is 4.97. The van der Waals surface area contributed by atoms with Crippen molar-refractivity contribution < 1.29 is 4.74 Å². The molecule has 1 nitrogen and oxygen atoms in total. The number of fused-ring (bicyclic) bond motifs is 1. The molecule has 1 aliphatic heterocycles. The van der Waals surface area contributed by atoms with Gasteiger partial charge in [0.05, 0.1) is 0 Å². The van der Waals surface area contributed by atoms with Gasteiger partial charge in [-0.2, -0.15) is 0 Å². The van der Waals surface area contributed by atoms with E-state index in [0.29, 0.717) is 6.61 Å². The quantitative estimate of drug-likeness (QED) is 0.572. The van der Waals surface area contributed by atoms with Crippen LogP contribution in [0.3, 0.4) is 0 Å². The summed E-state index contributed by atoms with van der Waals surface area (Å²) in [5, 5.41) is 0. The molecular weight excluding hydrogens is 194 g/mol. The Morgan fingerprint density at radius 1 is 1.18 bits per heavy atom. The number of hydrogen-bond acceptors (Lipinski definition) is 1. The van der Waals surface area contributed by atoms with Crippen LogP contribution in [0.5, 0.6) is 5.75 Å². The number of ether oxygens (including phenoxy) is 1. The van der Waals surface area contributed by atoms with Gasteiger partial charge in [-0.1, -0.05) is 24.3 Å². The van der Waals surface area contributed by atoms with E-state index in [1.807, 2.05) is 30.3 Å². The SMILES string of the molecule is C1=Cc2ccccc2OC1.[GaH3]. The molecule has 1 heterocycles. The molecule has 0 aromatic heterocycles. The molecule has 0 saturated heterocycles. The van der Waals surface area contributed by atoms with Crippen LogP contribution in [0.1, 0.15) is 5.56 Å². The number of rotatable bonds is 0. The first-order valence-electron chi connectivity index (χ1n) is 3.35. The van der Waals surface area contributed by atoms with Gasteiger partial charge in [0.1, 0.15) is 12.4 Å². The second kappa shape index (κ2) is 3.69. The van der Waals surface area contributed by atoms with Crippen molar-refractivity contribution in [3.8, 4) is 5.75 Å². The zero-order valence-corrected chi connectivity index (χ0v) is 5.58. The maximum absolute atomic E-state index is 5.34. The first kappa shape index (κ1) is 8.49. The zero-order valence-electron chi connectivity index (χ0n) is 5.58. The van der Waals surface area contributed by atoms with Crippen molar-refractivity contribution in [2.45, 2.75) is 0 Å². The molecule has 11 heavy (non-hydrogen) atoms. The van der Waals surface area contributed by atoms with E-state index in [4.69, 9.17) is 4.74 Å². The summed E-state index contributed by atoms with van der Waals surface area (Å²) in [7, 11) is 0. The van der Waals surface area contributed by atoms with Crippen molar-refractivity contribution in [1.29, 1.82) is 0 Å². The van der Waals surface area contributed by atoms with Crippen LogP contribution >= 0.6 is 0 Å². The minimum absolute atomic E-state index is 0. The van der Waals surface area contributed by atoms with Gasteiger partial charge in [-0.05, 0) is 12.1 Å². The third-order valence-corrected chi connectivity index (χ3v) is 1.55. The second-order valence-electron chi connectivity index (χ2n) is 2.25. The molecule has 0 aliphatic carbocycles. The van der Waals surface area contributed by atoms with Crippen LogP contribution in [0.2, 0.25) is 0 Å². The minimum atomic E-state index is 0. The molecule has 1 aliphatic rings. The van der Waals surface area contributed by atoms with Gasteiger partial charge in [0.2, 0.25) is 0 Å². The van der Waals surface area contributed by atoms with Crippen LogP contribution in [0, 0.1) is 0 Å². The van der Waals surface area contributed by atoms with Crippen molar-refractivity contribution >= 4 is 25.9 Å². The maximum atomic E-state index is 5.34. The third kappa shape index (κ3) is 1.70. The van der Waals surface area contributed by atoms with Crippen molar-refractivity contribution in [2.75, 3.05) is 6.61 Å². The zero-order chi connectivity index (χ0) is 6.81. The molecule has 1 aromatic carbocycles. The van der Waals surface area contributed by atoms with Gasteiger partial charge in [0.15, 0.2) is 0 Å². The Kier molecular flexibility index (Phi) is 2.85. The molecule has 0 N–H and O–H groups in total. The van der Waals surface area contributed by atoms with Gasteiger partial charge in [0.25, 0.3) is 0 Å². The summed E-state index contributed by atoms with van der Waals surface area (Å²) in [5.74, 6) is 0.991. The van der Waals surface area contributed by atoms with Crippen molar-refractivity contribution in [3.05, 3.63) is 35.9 Å². The average molecular weight is 205 g/mol. The molecule has 0 amide bonds. The number of hydrogen-bond donors (Lipinski definition) is 0. The standard InChI is InChI=1S/C9H8O.Ga.3H/c1-2-6-9-8(4-1)5-3-7-10-9;;;;/h1-6H,7H2;;;;. The molecule has 2 rings (SSSR count). The fourth-order valence-electron chi connectivity index (χ4n) is 1.06. The van der Waals surface area contributed by atoms with E-state index < -0.39 is 0 Å². The molecule has 56 valence electrons. The molecule has 0 saturated carbocycles. The van der Waals surface area contributed by atoms with Crippen LogP contribution in [0.25, 0.3) is 6.08 Å². The van der Waals surface area contributed by atoms with E-state index in [1.54, 1.807) is 0 Å².